The topological polar surface area (TPSA) is 118 Å². The van der Waals surface area contributed by atoms with Crippen LogP contribution < -0.4 is 10.6 Å². The van der Waals surface area contributed by atoms with Crippen molar-refractivity contribution in [3.63, 3.8) is 0 Å². The van der Waals surface area contributed by atoms with Gasteiger partial charge in [0.05, 0.1) is 12.3 Å². The largest absolute Gasteiger partial charge is 0.443 e. The average Bonchev–Trinajstić information content (AvgIpc) is 3.51. The van der Waals surface area contributed by atoms with Crippen molar-refractivity contribution in [1.29, 1.82) is 0 Å². The summed E-state index contributed by atoms with van der Waals surface area (Å²) in [5.74, 6) is 0.679. The standard InChI is InChI=1S/C22H30FN7O3/c1-3-4-5-8-25-22(31)33-18-7-6-15(20(18)23)16-12-19(28-27-16)26-21-17-11-14(13-32-2)29-30(17)10-9-24-21/h9-12,15,18,20H,3-8,13H2,1-2H3,(H,25,31)(H2,24,26,27,28)/t15-,18-,20-/m0/s1. The fraction of sp³-hybridized carbons (Fsp3) is 0.545. The van der Waals surface area contributed by atoms with Crippen molar-refractivity contribution in [2.24, 2.45) is 0 Å². The number of fused-ring (bicyclic) bond motifs is 1. The number of aromatic amines is 1. The third kappa shape index (κ3) is 5.41. The Morgan fingerprint density at radius 3 is 3.03 bits per heavy atom. The molecular weight excluding hydrogens is 429 g/mol. The third-order valence-corrected chi connectivity index (χ3v) is 5.79. The minimum Gasteiger partial charge on any atom is -0.443 e. The van der Waals surface area contributed by atoms with Crippen molar-refractivity contribution in [3.05, 3.63) is 35.9 Å². The van der Waals surface area contributed by atoms with Crippen LogP contribution in [0.5, 0.6) is 0 Å². The Morgan fingerprint density at radius 2 is 2.21 bits per heavy atom. The molecule has 0 radical (unpaired) electrons. The van der Waals surface area contributed by atoms with E-state index in [2.05, 4.69) is 37.8 Å². The number of anilines is 2. The van der Waals surface area contributed by atoms with E-state index >= 15 is 4.39 Å². The summed E-state index contributed by atoms with van der Waals surface area (Å²) in [6, 6.07) is 3.65. The van der Waals surface area contributed by atoms with Crippen LogP contribution in [0.3, 0.4) is 0 Å². The maximum atomic E-state index is 15.1. The molecule has 0 bridgehead atoms. The molecule has 10 nitrogen and oxygen atoms in total. The first-order valence-electron chi connectivity index (χ1n) is 11.3. The molecule has 3 aromatic rings. The molecule has 11 heteroatoms. The van der Waals surface area contributed by atoms with Crippen LogP contribution in [-0.2, 0) is 16.1 Å². The Balaban J connectivity index is 1.37. The molecule has 3 heterocycles. The summed E-state index contributed by atoms with van der Waals surface area (Å²) in [7, 11) is 1.61. The number of methoxy groups -OCH3 is 1. The summed E-state index contributed by atoms with van der Waals surface area (Å²) < 4.78 is 27.2. The quantitative estimate of drug-likeness (QED) is 0.394. The van der Waals surface area contributed by atoms with Gasteiger partial charge in [0.2, 0.25) is 0 Å². The van der Waals surface area contributed by atoms with E-state index in [4.69, 9.17) is 9.47 Å². The summed E-state index contributed by atoms with van der Waals surface area (Å²) in [4.78, 5) is 16.3. The lowest BCUT2D eigenvalue weighted by molar-refractivity contribution is 0.0568. The Labute approximate surface area is 191 Å². The van der Waals surface area contributed by atoms with Gasteiger partial charge >= 0.3 is 6.09 Å². The van der Waals surface area contributed by atoms with E-state index in [1.165, 1.54) is 0 Å². The second-order valence-electron chi connectivity index (χ2n) is 8.21. The maximum Gasteiger partial charge on any atom is 0.407 e. The number of hydrogen-bond donors (Lipinski definition) is 3. The highest BCUT2D eigenvalue weighted by Crippen LogP contribution is 2.38. The number of ether oxygens (including phenoxy) is 2. The van der Waals surface area contributed by atoms with Crippen molar-refractivity contribution < 1.29 is 18.7 Å². The van der Waals surface area contributed by atoms with Crippen LogP contribution in [-0.4, -0.2) is 56.8 Å². The first kappa shape index (κ1) is 23.0. The second-order valence-corrected chi connectivity index (χ2v) is 8.21. The van der Waals surface area contributed by atoms with E-state index in [0.717, 1.165) is 30.5 Å². The minimum absolute atomic E-state index is 0.396. The minimum atomic E-state index is -1.30. The van der Waals surface area contributed by atoms with Crippen LogP contribution in [0.1, 0.15) is 56.3 Å². The van der Waals surface area contributed by atoms with E-state index in [0.29, 0.717) is 43.3 Å². The lowest BCUT2D eigenvalue weighted by atomic mass is 10.0. The number of hydrogen-bond acceptors (Lipinski definition) is 7. The van der Waals surface area contributed by atoms with Gasteiger partial charge in [-0.1, -0.05) is 19.8 Å². The predicted molar refractivity (Wildman–Crippen MR) is 120 cm³/mol. The second kappa shape index (κ2) is 10.6. The monoisotopic (exact) mass is 459 g/mol. The molecule has 0 spiro atoms. The van der Waals surface area contributed by atoms with E-state index in [1.54, 1.807) is 30.1 Å². The number of rotatable bonds is 10. The number of H-pyrrole nitrogens is 1. The number of alkyl carbamates (subject to hydrolysis) is 1. The zero-order valence-electron chi connectivity index (χ0n) is 18.9. The highest BCUT2D eigenvalue weighted by Gasteiger charge is 2.40. The van der Waals surface area contributed by atoms with Crippen molar-refractivity contribution in [3.8, 4) is 0 Å². The van der Waals surface area contributed by atoms with Crippen LogP contribution >= 0.6 is 0 Å². The van der Waals surface area contributed by atoms with Crippen LogP contribution in [0, 0.1) is 0 Å². The third-order valence-electron chi connectivity index (χ3n) is 5.79. The summed E-state index contributed by atoms with van der Waals surface area (Å²) in [5.41, 5.74) is 2.21. The van der Waals surface area contributed by atoms with Crippen LogP contribution in [0.4, 0.5) is 20.8 Å². The molecule has 1 saturated carbocycles. The summed E-state index contributed by atoms with van der Waals surface area (Å²) >= 11 is 0. The number of halogens is 1. The lowest BCUT2D eigenvalue weighted by Gasteiger charge is -2.17. The Hall–Kier alpha value is -3.21. The highest BCUT2D eigenvalue weighted by molar-refractivity contribution is 5.72. The van der Waals surface area contributed by atoms with Gasteiger partial charge in [-0.3, -0.25) is 5.10 Å². The Kier molecular flexibility index (Phi) is 7.38. The number of alkyl halides is 1. The average molecular weight is 460 g/mol. The summed E-state index contributed by atoms with van der Waals surface area (Å²) in [6.45, 7) is 3.03. The fourth-order valence-corrected chi connectivity index (χ4v) is 4.12. The summed E-state index contributed by atoms with van der Waals surface area (Å²) in [5, 5.41) is 17.5. The molecule has 3 aromatic heterocycles. The maximum absolute atomic E-state index is 15.1. The number of nitrogens with one attached hydrogen (secondary N) is 3. The predicted octanol–water partition coefficient (Wildman–Crippen LogP) is 3.84. The van der Waals surface area contributed by atoms with Gasteiger partial charge in [-0.2, -0.15) is 10.2 Å². The number of nitrogens with zero attached hydrogens (tertiary/aromatic N) is 4. The van der Waals surface area contributed by atoms with Gasteiger partial charge in [0.15, 0.2) is 11.6 Å². The van der Waals surface area contributed by atoms with Crippen LogP contribution in [0.15, 0.2) is 24.5 Å². The molecule has 4 rings (SSSR count). The lowest BCUT2D eigenvalue weighted by Crippen LogP contribution is -2.33. The van der Waals surface area contributed by atoms with Gasteiger partial charge in [0.1, 0.15) is 17.8 Å². The van der Waals surface area contributed by atoms with Gasteiger partial charge in [-0.25, -0.2) is 18.7 Å². The van der Waals surface area contributed by atoms with Gasteiger partial charge in [-0.15, -0.1) is 0 Å². The molecule has 3 atom stereocenters. The molecule has 0 saturated heterocycles. The van der Waals surface area contributed by atoms with Crippen LogP contribution in [0.2, 0.25) is 0 Å². The zero-order chi connectivity index (χ0) is 23.2. The number of aromatic nitrogens is 5. The fourth-order valence-electron chi connectivity index (χ4n) is 4.12. The van der Waals surface area contributed by atoms with Gasteiger partial charge in [-0.05, 0) is 25.3 Å². The molecule has 0 unspecified atom stereocenters. The number of carbonyl (C=O) groups excluding carboxylic acids is 1. The zero-order valence-corrected chi connectivity index (χ0v) is 18.9. The number of amides is 1. The van der Waals surface area contributed by atoms with Gasteiger partial charge < -0.3 is 20.1 Å². The number of unbranched alkanes of at least 4 members (excludes halogenated alkanes) is 2. The molecule has 1 aliphatic rings. The van der Waals surface area contributed by atoms with Crippen molar-refractivity contribution in [2.75, 3.05) is 19.0 Å². The molecule has 1 aliphatic carbocycles. The van der Waals surface area contributed by atoms with Crippen molar-refractivity contribution in [1.82, 2.24) is 30.1 Å². The van der Waals surface area contributed by atoms with E-state index in [9.17, 15) is 4.79 Å². The van der Waals surface area contributed by atoms with Gasteiger partial charge in [0, 0.05) is 43.7 Å². The van der Waals surface area contributed by atoms with Gasteiger partial charge in [0.25, 0.3) is 0 Å². The van der Waals surface area contributed by atoms with E-state index < -0.39 is 24.3 Å². The molecule has 0 aromatic carbocycles. The first-order chi connectivity index (χ1) is 16.1. The number of carbonyl (C=O) groups is 1. The van der Waals surface area contributed by atoms with Crippen molar-refractivity contribution >= 4 is 23.2 Å². The molecule has 1 fully saturated rings. The SMILES string of the molecule is CCCCCNC(=O)O[C@H]1CC[C@@H](c2cc(Nc3nccn4nc(COC)cc34)n[nH]2)[C@@H]1F. The highest BCUT2D eigenvalue weighted by atomic mass is 19.1. The van der Waals surface area contributed by atoms with Crippen molar-refractivity contribution in [2.45, 2.75) is 63.8 Å². The normalized spacial score (nSPS) is 20.3. The van der Waals surface area contributed by atoms with E-state index in [1.807, 2.05) is 6.07 Å². The first-order valence-corrected chi connectivity index (χ1v) is 11.3. The van der Waals surface area contributed by atoms with E-state index in [-0.39, 0.29) is 0 Å². The van der Waals surface area contributed by atoms with Crippen LogP contribution in [0.25, 0.3) is 5.52 Å². The Bertz CT molecular complexity index is 1070. The Morgan fingerprint density at radius 1 is 1.33 bits per heavy atom. The molecule has 1 amide bonds. The molecule has 0 aliphatic heterocycles. The molecule has 3 N–H and O–H groups in total. The summed E-state index contributed by atoms with van der Waals surface area (Å²) in [6.07, 6.45) is 4.79. The molecule has 178 valence electrons. The molecular formula is C22H30FN7O3. The smallest absolute Gasteiger partial charge is 0.407 e. The molecule has 33 heavy (non-hydrogen) atoms.